The molecule has 2 N–H and O–H groups in total. The Hall–Kier alpha value is -1.09. The summed E-state index contributed by atoms with van der Waals surface area (Å²) in [7, 11) is 3.37. The predicted octanol–water partition coefficient (Wildman–Crippen LogP) is 2.44. The van der Waals surface area contributed by atoms with Crippen LogP contribution in [-0.2, 0) is 11.3 Å². The standard InChI is InChI=1S/C16H28N4O2.HI/c1-13(2)12-22-9-5-8-18-16(17-3)20-11-14-6-7-15(21-4)19-10-14;/h6-7,10,13H,5,8-9,11-12H2,1-4H3,(H2,17,18,20);1H. The largest absolute Gasteiger partial charge is 0.481 e. The van der Waals surface area contributed by atoms with Crippen molar-refractivity contribution >= 4 is 29.9 Å². The molecule has 0 saturated carbocycles. The van der Waals surface area contributed by atoms with Gasteiger partial charge in [-0.1, -0.05) is 19.9 Å². The molecule has 23 heavy (non-hydrogen) atoms. The second-order valence-electron chi connectivity index (χ2n) is 5.38. The van der Waals surface area contributed by atoms with Gasteiger partial charge in [-0.3, -0.25) is 4.99 Å². The zero-order valence-electron chi connectivity index (χ0n) is 14.5. The van der Waals surface area contributed by atoms with Crippen LogP contribution in [0.5, 0.6) is 5.88 Å². The van der Waals surface area contributed by atoms with Crippen molar-refractivity contribution in [1.29, 1.82) is 0 Å². The van der Waals surface area contributed by atoms with Crippen molar-refractivity contribution in [2.45, 2.75) is 26.8 Å². The van der Waals surface area contributed by atoms with Gasteiger partial charge in [0.05, 0.1) is 7.11 Å². The Labute approximate surface area is 156 Å². The Morgan fingerprint density at radius 2 is 2.09 bits per heavy atom. The fraction of sp³-hybridized carbons (Fsp3) is 0.625. The third-order valence-corrected chi connectivity index (χ3v) is 2.90. The summed E-state index contributed by atoms with van der Waals surface area (Å²) in [6, 6.07) is 3.82. The van der Waals surface area contributed by atoms with Crippen molar-refractivity contribution in [2.75, 3.05) is 33.9 Å². The number of nitrogens with zero attached hydrogens (tertiary/aromatic N) is 2. The summed E-state index contributed by atoms with van der Waals surface area (Å²) in [5, 5.41) is 6.51. The quantitative estimate of drug-likeness (QED) is 0.270. The Morgan fingerprint density at radius 3 is 2.65 bits per heavy atom. The van der Waals surface area contributed by atoms with Gasteiger partial charge in [-0.2, -0.15) is 0 Å². The number of guanidine groups is 1. The van der Waals surface area contributed by atoms with E-state index >= 15 is 0 Å². The Balaban J connectivity index is 0.00000484. The van der Waals surface area contributed by atoms with Gasteiger partial charge in [0.1, 0.15) is 0 Å². The van der Waals surface area contributed by atoms with Crippen molar-refractivity contribution < 1.29 is 9.47 Å². The van der Waals surface area contributed by atoms with Crippen LogP contribution in [0.1, 0.15) is 25.8 Å². The molecular formula is C16H29IN4O2. The molecule has 0 aliphatic rings. The van der Waals surface area contributed by atoms with Crippen molar-refractivity contribution in [3.05, 3.63) is 23.9 Å². The highest BCUT2D eigenvalue weighted by Crippen LogP contribution is 2.05. The lowest BCUT2D eigenvalue weighted by atomic mass is 10.2. The molecule has 0 aromatic carbocycles. The number of nitrogens with one attached hydrogen (secondary N) is 2. The molecule has 0 radical (unpaired) electrons. The second kappa shape index (κ2) is 13.4. The lowest BCUT2D eigenvalue weighted by Crippen LogP contribution is -2.37. The van der Waals surface area contributed by atoms with Crippen LogP contribution in [0.4, 0.5) is 0 Å². The van der Waals surface area contributed by atoms with E-state index in [1.54, 1.807) is 20.4 Å². The first-order chi connectivity index (χ1) is 10.7. The van der Waals surface area contributed by atoms with E-state index in [2.05, 4.69) is 34.5 Å². The number of rotatable bonds is 9. The molecular weight excluding hydrogens is 407 g/mol. The summed E-state index contributed by atoms with van der Waals surface area (Å²) in [6.45, 7) is 7.39. The van der Waals surface area contributed by atoms with E-state index in [9.17, 15) is 0 Å². The van der Waals surface area contributed by atoms with Gasteiger partial charge in [-0.05, 0) is 17.9 Å². The number of hydrogen-bond acceptors (Lipinski definition) is 4. The summed E-state index contributed by atoms with van der Waals surface area (Å²) in [5.41, 5.74) is 1.07. The Morgan fingerprint density at radius 1 is 1.30 bits per heavy atom. The van der Waals surface area contributed by atoms with Crippen molar-refractivity contribution in [3.63, 3.8) is 0 Å². The van der Waals surface area contributed by atoms with Crippen LogP contribution >= 0.6 is 24.0 Å². The van der Waals surface area contributed by atoms with E-state index in [1.807, 2.05) is 12.1 Å². The van der Waals surface area contributed by atoms with Gasteiger partial charge in [0.15, 0.2) is 5.96 Å². The average molecular weight is 436 g/mol. The lowest BCUT2D eigenvalue weighted by molar-refractivity contribution is 0.108. The summed E-state index contributed by atoms with van der Waals surface area (Å²) in [6.07, 6.45) is 2.75. The van der Waals surface area contributed by atoms with Crippen LogP contribution in [0.15, 0.2) is 23.3 Å². The van der Waals surface area contributed by atoms with Crippen LogP contribution in [0.25, 0.3) is 0 Å². The molecule has 132 valence electrons. The van der Waals surface area contributed by atoms with Gasteiger partial charge in [0, 0.05) is 45.6 Å². The highest BCUT2D eigenvalue weighted by atomic mass is 127. The van der Waals surface area contributed by atoms with Gasteiger partial charge >= 0.3 is 0 Å². The third-order valence-electron chi connectivity index (χ3n) is 2.90. The monoisotopic (exact) mass is 436 g/mol. The molecule has 0 atom stereocenters. The Bertz CT molecular complexity index is 438. The summed E-state index contributed by atoms with van der Waals surface area (Å²) in [5.74, 6) is 1.98. The van der Waals surface area contributed by atoms with E-state index in [0.29, 0.717) is 18.3 Å². The number of pyridine rings is 1. The van der Waals surface area contributed by atoms with Gasteiger partial charge < -0.3 is 20.1 Å². The molecule has 0 aliphatic carbocycles. The highest BCUT2D eigenvalue weighted by Gasteiger charge is 2.00. The average Bonchev–Trinajstić information content (AvgIpc) is 2.53. The number of ether oxygens (including phenoxy) is 2. The highest BCUT2D eigenvalue weighted by molar-refractivity contribution is 14.0. The zero-order chi connectivity index (χ0) is 16.2. The molecule has 0 fully saturated rings. The molecule has 0 bridgehead atoms. The van der Waals surface area contributed by atoms with Gasteiger partial charge in [-0.15, -0.1) is 24.0 Å². The molecule has 0 aliphatic heterocycles. The van der Waals surface area contributed by atoms with E-state index in [-0.39, 0.29) is 24.0 Å². The molecule has 7 heteroatoms. The number of aliphatic imine (C=N–C) groups is 1. The number of halogens is 1. The van der Waals surface area contributed by atoms with E-state index in [0.717, 1.165) is 37.7 Å². The SMILES string of the molecule is CN=C(NCCCOCC(C)C)NCc1ccc(OC)nc1.I. The minimum atomic E-state index is 0. The molecule has 0 unspecified atom stereocenters. The van der Waals surface area contributed by atoms with Gasteiger partial charge in [0.25, 0.3) is 0 Å². The maximum Gasteiger partial charge on any atom is 0.212 e. The molecule has 0 amide bonds. The topological polar surface area (TPSA) is 67.8 Å². The minimum Gasteiger partial charge on any atom is -0.481 e. The minimum absolute atomic E-state index is 0. The van der Waals surface area contributed by atoms with Crippen molar-refractivity contribution in [1.82, 2.24) is 15.6 Å². The molecule has 0 saturated heterocycles. The summed E-state index contributed by atoms with van der Waals surface area (Å²) < 4.78 is 10.6. The first kappa shape index (κ1) is 21.9. The van der Waals surface area contributed by atoms with Crippen molar-refractivity contribution in [3.8, 4) is 5.88 Å². The summed E-state index contributed by atoms with van der Waals surface area (Å²) >= 11 is 0. The van der Waals surface area contributed by atoms with Crippen molar-refractivity contribution in [2.24, 2.45) is 10.9 Å². The van der Waals surface area contributed by atoms with Gasteiger partial charge in [0.2, 0.25) is 5.88 Å². The lowest BCUT2D eigenvalue weighted by Gasteiger charge is -2.12. The third kappa shape index (κ3) is 10.3. The fourth-order valence-electron chi connectivity index (χ4n) is 1.74. The van der Waals surface area contributed by atoms with Crippen LogP contribution in [0, 0.1) is 5.92 Å². The van der Waals surface area contributed by atoms with Crippen LogP contribution in [0.3, 0.4) is 0 Å². The van der Waals surface area contributed by atoms with E-state index in [4.69, 9.17) is 9.47 Å². The normalized spacial score (nSPS) is 11.1. The first-order valence-electron chi connectivity index (χ1n) is 7.67. The molecule has 1 aromatic rings. The van der Waals surface area contributed by atoms with E-state index in [1.165, 1.54) is 0 Å². The second-order valence-corrected chi connectivity index (χ2v) is 5.38. The number of aromatic nitrogens is 1. The number of methoxy groups -OCH3 is 1. The smallest absolute Gasteiger partial charge is 0.212 e. The van der Waals surface area contributed by atoms with Crippen LogP contribution in [-0.4, -0.2) is 44.9 Å². The molecule has 6 nitrogen and oxygen atoms in total. The maximum atomic E-state index is 5.54. The first-order valence-corrected chi connectivity index (χ1v) is 7.67. The fourth-order valence-corrected chi connectivity index (χ4v) is 1.74. The van der Waals surface area contributed by atoms with Gasteiger partial charge in [-0.25, -0.2) is 4.98 Å². The zero-order valence-corrected chi connectivity index (χ0v) is 16.8. The van der Waals surface area contributed by atoms with Crippen LogP contribution < -0.4 is 15.4 Å². The molecule has 1 rings (SSSR count). The molecule has 1 aromatic heterocycles. The maximum absolute atomic E-state index is 5.54. The predicted molar refractivity (Wildman–Crippen MR) is 105 cm³/mol. The number of hydrogen-bond donors (Lipinski definition) is 2. The van der Waals surface area contributed by atoms with E-state index < -0.39 is 0 Å². The molecule has 1 heterocycles. The molecule has 0 spiro atoms. The van der Waals surface area contributed by atoms with Crippen LogP contribution in [0.2, 0.25) is 0 Å². The summed E-state index contributed by atoms with van der Waals surface area (Å²) in [4.78, 5) is 8.36. The Kier molecular flexibility index (Phi) is 12.7.